The Hall–Kier alpha value is -1.58. The van der Waals surface area contributed by atoms with Gasteiger partial charge in [0.15, 0.2) is 5.78 Å². The molecule has 0 aromatic heterocycles. The molecule has 106 valence electrons. The van der Waals surface area contributed by atoms with E-state index in [9.17, 15) is 10.0 Å². The van der Waals surface area contributed by atoms with Crippen molar-refractivity contribution >= 4 is 11.5 Å². The number of Topliss-reactive ketones (excluding diaryl/α,β-unsaturated/α-hetero) is 1. The van der Waals surface area contributed by atoms with E-state index in [4.69, 9.17) is 4.74 Å². The third-order valence-electron chi connectivity index (χ3n) is 3.82. The van der Waals surface area contributed by atoms with Crippen molar-refractivity contribution in [3.63, 3.8) is 0 Å². The first-order valence-electron chi connectivity index (χ1n) is 6.40. The average Bonchev–Trinajstić information content (AvgIpc) is 2.32. The van der Waals surface area contributed by atoms with Crippen LogP contribution in [0.25, 0.3) is 0 Å². The lowest BCUT2D eigenvalue weighted by Gasteiger charge is -2.38. The minimum absolute atomic E-state index is 0.0246. The highest BCUT2D eigenvalue weighted by Gasteiger charge is 2.47. The SMILES string of the molecule is C=C1C(C)=C(OC)C(C)(C)C(=O)C1/C(=N\O)C(C)C. The molecular formula is C15H23NO3. The molecular weight excluding hydrogens is 242 g/mol. The van der Waals surface area contributed by atoms with Crippen LogP contribution in [0, 0.1) is 17.3 Å². The standard InChI is InChI=1S/C15H23NO3/c1-8(2)12(16-18)11-9(3)10(4)14(19-7)15(5,6)13(11)17/h8,11,18H,3H2,1-2,4-7H3/b16-12-. The van der Waals surface area contributed by atoms with Crippen molar-refractivity contribution in [2.24, 2.45) is 22.4 Å². The van der Waals surface area contributed by atoms with Crippen molar-refractivity contribution in [3.05, 3.63) is 23.5 Å². The van der Waals surface area contributed by atoms with E-state index in [2.05, 4.69) is 11.7 Å². The zero-order valence-electron chi connectivity index (χ0n) is 12.6. The van der Waals surface area contributed by atoms with Gasteiger partial charge in [-0.15, -0.1) is 0 Å². The van der Waals surface area contributed by atoms with Crippen LogP contribution >= 0.6 is 0 Å². The van der Waals surface area contributed by atoms with Crippen LogP contribution in [0.5, 0.6) is 0 Å². The molecule has 1 unspecified atom stereocenters. The van der Waals surface area contributed by atoms with E-state index in [1.54, 1.807) is 7.11 Å². The zero-order chi connectivity index (χ0) is 15.0. The molecule has 4 nitrogen and oxygen atoms in total. The van der Waals surface area contributed by atoms with Gasteiger partial charge in [-0.25, -0.2) is 0 Å². The minimum Gasteiger partial charge on any atom is -0.500 e. The Kier molecular flexibility index (Phi) is 4.23. The second kappa shape index (κ2) is 5.19. The Morgan fingerprint density at radius 3 is 2.37 bits per heavy atom. The predicted octanol–water partition coefficient (Wildman–Crippen LogP) is 3.17. The molecule has 0 heterocycles. The summed E-state index contributed by atoms with van der Waals surface area (Å²) in [5.41, 5.74) is 1.23. The highest BCUT2D eigenvalue weighted by atomic mass is 16.5. The van der Waals surface area contributed by atoms with Gasteiger partial charge < -0.3 is 9.94 Å². The van der Waals surface area contributed by atoms with Crippen LogP contribution in [0.3, 0.4) is 0 Å². The third-order valence-corrected chi connectivity index (χ3v) is 3.82. The van der Waals surface area contributed by atoms with Crippen molar-refractivity contribution in [1.82, 2.24) is 0 Å². The quantitative estimate of drug-likeness (QED) is 0.484. The molecule has 1 aliphatic carbocycles. The van der Waals surface area contributed by atoms with Gasteiger partial charge in [-0.1, -0.05) is 25.6 Å². The fourth-order valence-electron chi connectivity index (χ4n) is 2.69. The smallest absolute Gasteiger partial charge is 0.159 e. The number of nitrogens with zero attached hydrogens (tertiary/aromatic N) is 1. The number of oxime groups is 1. The maximum absolute atomic E-state index is 12.7. The molecule has 0 aliphatic heterocycles. The van der Waals surface area contributed by atoms with E-state index < -0.39 is 11.3 Å². The van der Waals surface area contributed by atoms with Gasteiger partial charge in [0, 0.05) is 0 Å². The van der Waals surface area contributed by atoms with Gasteiger partial charge in [0.05, 0.1) is 24.2 Å². The van der Waals surface area contributed by atoms with E-state index in [1.807, 2.05) is 34.6 Å². The first kappa shape index (κ1) is 15.5. The van der Waals surface area contributed by atoms with Crippen LogP contribution in [0.1, 0.15) is 34.6 Å². The average molecular weight is 265 g/mol. The number of carbonyl (C=O) groups is 1. The molecule has 0 saturated heterocycles. The van der Waals surface area contributed by atoms with Crippen LogP contribution in [0.15, 0.2) is 28.6 Å². The summed E-state index contributed by atoms with van der Waals surface area (Å²) in [6.07, 6.45) is 0. The Morgan fingerprint density at radius 2 is 2.00 bits per heavy atom. The summed E-state index contributed by atoms with van der Waals surface area (Å²) in [7, 11) is 1.56. The van der Waals surface area contributed by atoms with E-state index in [0.29, 0.717) is 17.0 Å². The van der Waals surface area contributed by atoms with Gasteiger partial charge in [0.25, 0.3) is 0 Å². The number of methoxy groups -OCH3 is 1. The number of rotatable bonds is 3. The molecule has 0 aromatic rings. The summed E-state index contributed by atoms with van der Waals surface area (Å²) < 4.78 is 5.38. The Labute approximate surface area is 114 Å². The molecule has 4 heteroatoms. The van der Waals surface area contributed by atoms with E-state index in [0.717, 1.165) is 5.57 Å². The molecule has 1 aliphatic rings. The number of ketones is 1. The van der Waals surface area contributed by atoms with Crippen LogP contribution in [0.4, 0.5) is 0 Å². The monoisotopic (exact) mass is 265 g/mol. The summed E-state index contributed by atoms with van der Waals surface area (Å²) in [4.78, 5) is 12.7. The second-order valence-corrected chi connectivity index (χ2v) is 5.79. The largest absolute Gasteiger partial charge is 0.500 e. The highest BCUT2D eigenvalue weighted by Crippen LogP contribution is 2.43. The first-order valence-corrected chi connectivity index (χ1v) is 6.40. The fraction of sp³-hybridized carbons (Fsp3) is 0.600. The highest BCUT2D eigenvalue weighted by molar-refractivity contribution is 6.12. The lowest BCUT2D eigenvalue weighted by atomic mass is 9.66. The number of hydrogen-bond donors (Lipinski definition) is 1. The van der Waals surface area contributed by atoms with Crippen LogP contribution in [-0.4, -0.2) is 23.8 Å². The summed E-state index contributed by atoms with van der Waals surface area (Å²) in [5, 5.41) is 12.5. The van der Waals surface area contributed by atoms with Gasteiger partial charge >= 0.3 is 0 Å². The molecule has 0 spiro atoms. The first-order chi connectivity index (χ1) is 8.69. The maximum Gasteiger partial charge on any atom is 0.159 e. The molecule has 0 fully saturated rings. The van der Waals surface area contributed by atoms with Crippen molar-refractivity contribution < 1.29 is 14.7 Å². The van der Waals surface area contributed by atoms with Crippen molar-refractivity contribution in [2.75, 3.05) is 7.11 Å². The van der Waals surface area contributed by atoms with Gasteiger partial charge in [-0.2, -0.15) is 0 Å². The number of allylic oxidation sites excluding steroid dienone is 3. The molecule has 0 radical (unpaired) electrons. The van der Waals surface area contributed by atoms with E-state index >= 15 is 0 Å². The summed E-state index contributed by atoms with van der Waals surface area (Å²) >= 11 is 0. The summed E-state index contributed by atoms with van der Waals surface area (Å²) in [6.45, 7) is 13.3. The second-order valence-electron chi connectivity index (χ2n) is 5.79. The maximum atomic E-state index is 12.7. The predicted molar refractivity (Wildman–Crippen MR) is 75.2 cm³/mol. The van der Waals surface area contributed by atoms with E-state index in [1.165, 1.54) is 0 Å². The van der Waals surface area contributed by atoms with Crippen LogP contribution in [0.2, 0.25) is 0 Å². The van der Waals surface area contributed by atoms with Crippen molar-refractivity contribution in [1.29, 1.82) is 0 Å². The van der Waals surface area contributed by atoms with E-state index in [-0.39, 0.29) is 11.7 Å². The molecule has 19 heavy (non-hydrogen) atoms. The van der Waals surface area contributed by atoms with Gasteiger partial charge in [-0.3, -0.25) is 4.79 Å². The van der Waals surface area contributed by atoms with Crippen molar-refractivity contribution in [3.8, 4) is 0 Å². The number of hydrogen-bond acceptors (Lipinski definition) is 4. The van der Waals surface area contributed by atoms with Gasteiger partial charge in [0.1, 0.15) is 5.76 Å². The normalized spacial score (nSPS) is 24.2. The van der Waals surface area contributed by atoms with Crippen LogP contribution in [-0.2, 0) is 9.53 Å². The number of carbonyl (C=O) groups excluding carboxylic acids is 1. The lowest BCUT2D eigenvalue weighted by Crippen LogP contribution is -2.43. The van der Waals surface area contributed by atoms with Gasteiger partial charge in [0.2, 0.25) is 0 Å². The molecule has 0 amide bonds. The van der Waals surface area contributed by atoms with Crippen molar-refractivity contribution in [2.45, 2.75) is 34.6 Å². The Balaban J connectivity index is 3.45. The number of ether oxygens (including phenoxy) is 1. The Bertz CT molecular complexity index is 470. The fourth-order valence-corrected chi connectivity index (χ4v) is 2.69. The Morgan fingerprint density at radius 1 is 1.47 bits per heavy atom. The molecule has 0 aromatic carbocycles. The molecule has 1 N–H and O–H groups in total. The molecule has 0 bridgehead atoms. The third kappa shape index (κ3) is 2.31. The summed E-state index contributed by atoms with van der Waals surface area (Å²) in [5.74, 6) is 0.00328. The minimum atomic E-state index is -0.741. The molecule has 1 atom stereocenters. The molecule has 1 rings (SSSR count). The van der Waals surface area contributed by atoms with Gasteiger partial charge in [-0.05, 0) is 37.8 Å². The lowest BCUT2D eigenvalue weighted by molar-refractivity contribution is -0.128. The summed E-state index contributed by atoms with van der Waals surface area (Å²) in [6, 6.07) is 0. The van der Waals surface area contributed by atoms with Crippen LogP contribution < -0.4 is 0 Å². The topological polar surface area (TPSA) is 58.9 Å². The molecule has 0 saturated carbocycles. The zero-order valence-corrected chi connectivity index (χ0v) is 12.6.